The van der Waals surface area contributed by atoms with Crippen molar-refractivity contribution in [1.29, 1.82) is 0 Å². The second kappa shape index (κ2) is 7.41. The lowest BCUT2D eigenvalue weighted by Crippen LogP contribution is -2.45. The number of aliphatic hydroxyl groups is 1. The summed E-state index contributed by atoms with van der Waals surface area (Å²) in [6, 6.07) is 8.68. The molecule has 26 heavy (non-hydrogen) atoms. The van der Waals surface area contributed by atoms with Crippen molar-refractivity contribution in [3.63, 3.8) is 0 Å². The van der Waals surface area contributed by atoms with Crippen LogP contribution in [0.3, 0.4) is 0 Å². The van der Waals surface area contributed by atoms with Crippen LogP contribution in [0.4, 0.5) is 0 Å². The smallest absolute Gasteiger partial charge is 0.237 e. The van der Waals surface area contributed by atoms with E-state index in [9.17, 15) is 9.90 Å². The van der Waals surface area contributed by atoms with E-state index in [1.54, 1.807) is 0 Å². The van der Waals surface area contributed by atoms with Gasteiger partial charge in [-0.05, 0) is 24.5 Å². The molecule has 1 unspecified atom stereocenters. The molecule has 1 atom stereocenters. The minimum absolute atomic E-state index is 0.175. The summed E-state index contributed by atoms with van der Waals surface area (Å²) in [5, 5.41) is 11.8. The number of aromatic nitrogens is 1. The molecule has 1 saturated carbocycles. The fourth-order valence-corrected chi connectivity index (χ4v) is 4.69. The van der Waals surface area contributed by atoms with Gasteiger partial charge in [-0.25, -0.2) is 0 Å². The quantitative estimate of drug-likeness (QED) is 0.920. The number of carbonyl (C=O) groups excluding carboxylic acids is 1. The van der Waals surface area contributed by atoms with Gasteiger partial charge in [0.1, 0.15) is 0 Å². The van der Waals surface area contributed by atoms with Crippen LogP contribution in [0.2, 0.25) is 0 Å². The third-order valence-electron chi connectivity index (χ3n) is 5.94. The Morgan fingerprint density at radius 3 is 2.69 bits per heavy atom. The number of hydrogen-bond acceptors (Lipinski definition) is 3. The molecule has 1 aliphatic carbocycles. The number of carbonyl (C=O) groups is 1. The van der Waals surface area contributed by atoms with E-state index in [1.165, 1.54) is 35.7 Å². The van der Waals surface area contributed by atoms with Crippen molar-refractivity contribution in [1.82, 2.24) is 14.4 Å². The Morgan fingerprint density at radius 2 is 1.88 bits per heavy atom. The molecule has 2 aliphatic rings. The van der Waals surface area contributed by atoms with Crippen LogP contribution >= 0.6 is 0 Å². The molecule has 1 aliphatic heterocycles. The van der Waals surface area contributed by atoms with Crippen LogP contribution in [-0.2, 0) is 18.4 Å². The first kappa shape index (κ1) is 17.6. The molecule has 1 aromatic heterocycles. The molecule has 140 valence electrons. The molecule has 0 spiro atoms. The van der Waals surface area contributed by atoms with E-state index in [2.05, 4.69) is 40.9 Å². The molecule has 2 heterocycles. The summed E-state index contributed by atoms with van der Waals surface area (Å²) in [5.74, 6) is 0.175. The van der Waals surface area contributed by atoms with Gasteiger partial charge in [-0.2, -0.15) is 0 Å². The topological polar surface area (TPSA) is 48.7 Å². The van der Waals surface area contributed by atoms with Crippen LogP contribution in [0.1, 0.15) is 37.7 Å². The fraction of sp³-hybridized carbons (Fsp3) is 0.571. The van der Waals surface area contributed by atoms with E-state index >= 15 is 0 Å². The molecular formula is C21H29N3O2. The summed E-state index contributed by atoms with van der Waals surface area (Å²) in [7, 11) is 2.05. The summed E-state index contributed by atoms with van der Waals surface area (Å²) in [5.41, 5.74) is 2.42. The average molecular weight is 355 g/mol. The van der Waals surface area contributed by atoms with Crippen molar-refractivity contribution >= 4 is 16.8 Å². The summed E-state index contributed by atoms with van der Waals surface area (Å²) in [6.07, 6.45) is 7.51. The van der Waals surface area contributed by atoms with Crippen molar-refractivity contribution in [3.05, 3.63) is 36.0 Å². The Morgan fingerprint density at radius 1 is 1.12 bits per heavy atom. The van der Waals surface area contributed by atoms with Crippen LogP contribution in [-0.4, -0.2) is 57.2 Å². The molecule has 1 amide bonds. The highest BCUT2D eigenvalue weighted by Gasteiger charge is 2.32. The number of amides is 1. The summed E-state index contributed by atoms with van der Waals surface area (Å²) in [6.45, 7) is 2.13. The minimum Gasteiger partial charge on any atom is -0.390 e. The Labute approximate surface area is 155 Å². The lowest BCUT2D eigenvalue weighted by molar-refractivity contribution is -0.134. The van der Waals surface area contributed by atoms with Gasteiger partial charge in [-0.3, -0.25) is 9.69 Å². The first-order valence-electron chi connectivity index (χ1n) is 9.84. The maximum Gasteiger partial charge on any atom is 0.237 e. The number of fused-ring (bicyclic) bond motifs is 1. The summed E-state index contributed by atoms with van der Waals surface area (Å²) >= 11 is 0. The first-order chi connectivity index (χ1) is 12.6. The second-order valence-corrected chi connectivity index (χ2v) is 7.94. The van der Waals surface area contributed by atoms with Crippen molar-refractivity contribution < 1.29 is 9.90 Å². The molecule has 5 nitrogen and oxygen atoms in total. The minimum atomic E-state index is -0.474. The fourth-order valence-electron chi connectivity index (χ4n) is 4.69. The van der Waals surface area contributed by atoms with Crippen molar-refractivity contribution in [2.24, 2.45) is 7.05 Å². The number of aliphatic hydroxyl groups excluding tert-OH is 1. The number of para-hydroxylation sites is 1. The van der Waals surface area contributed by atoms with Gasteiger partial charge < -0.3 is 14.6 Å². The molecule has 2 fully saturated rings. The number of benzene rings is 1. The summed E-state index contributed by atoms with van der Waals surface area (Å²) in [4.78, 5) is 17.0. The molecule has 0 radical (unpaired) electrons. The predicted molar refractivity (Wildman–Crippen MR) is 103 cm³/mol. The molecule has 4 rings (SSSR count). The molecular weight excluding hydrogens is 326 g/mol. The highest BCUT2D eigenvalue weighted by molar-refractivity contribution is 5.84. The van der Waals surface area contributed by atoms with Gasteiger partial charge in [-0.1, -0.05) is 37.5 Å². The maximum atomic E-state index is 12.9. The molecule has 1 aromatic carbocycles. The standard InChI is InChI=1S/C21H29N3O2/c1-22-11-16(19-9-5-6-10-20(19)22)12-23-13-18(25)14-24(21(26)15-23)17-7-3-2-4-8-17/h5-6,9-11,17-18,25H,2-4,7-8,12-15H2,1H3. The SMILES string of the molecule is Cn1cc(CN2CC(=O)N(C3CCCCC3)CC(O)C2)c2ccccc21. The second-order valence-electron chi connectivity index (χ2n) is 7.94. The molecule has 0 bridgehead atoms. The van der Waals surface area contributed by atoms with E-state index in [-0.39, 0.29) is 5.91 Å². The van der Waals surface area contributed by atoms with E-state index in [0.29, 0.717) is 32.2 Å². The Balaban J connectivity index is 1.51. The van der Waals surface area contributed by atoms with Gasteiger partial charge in [0, 0.05) is 49.8 Å². The van der Waals surface area contributed by atoms with Crippen LogP contribution in [0.25, 0.3) is 10.9 Å². The Bertz CT molecular complexity index is 779. The Kier molecular flexibility index (Phi) is 5.00. The van der Waals surface area contributed by atoms with E-state index in [1.807, 2.05) is 11.0 Å². The third-order valence-corrected chi connectivity index (χ3v) is 5.94. The number of aryl methyl sites for hydroxylation is 1. The lowest BCUT2D eigenvalue weighted by Gasteiger charge is -2.34. The maximum absolute atomic E-state index is 12.9. The number of hydrogen-bond donors (Lipinski definition) is 1. The van der Waals surface area contributed by atoms with Crippen LogP contribution in [0.5, 0.6) is 0 Å². The van der Waals surface area contributed by atoms with Gasteiger partial charge in [0.2, 0.25) is 5.91 Å². The third kappa shape index (κ3) is 3.51. The zero-order valence-electron chi connectivity index (χ0n) is 15.6. The molecule has 1 N–H and O–H groups in total. The monoisotopic (exact) mass is 355 g/mol. The number of rotatable bonds is 3. The van der Waals surface area contributed by atoms with Gasteiger partial charge in [-0.15, -0.1) is 0 Å². The van der Waals surface area contributed by atoms with Gasteiger partial charge in [0.25, 0.3) is 0 Å². The molecule has 5 heteroatoms. The van der Waals surface area contributed by atoms with E-state index in [4.69, 9.17) is 0 Å². The first-order valence-corrected chi connectivity index (χ1v) is 9.84. The van der Waals surface area contributed by atoms with E-state index in [0.717, 1.165) is 12.8 Å². The van der Waals surface area contributed by atoms with Crippen molar-refractivity contribution in [2.45, 2.75) is 50.8 Å². The van der Waals surface area contributed by atoms with Crippen LogP contribution in [0, 0.1) is 0 Å². The normalized spacial score (nSPS) is 23.5. The predicted octanol–water partition coefficient (Wildman–Crippen LogP) is 2.52. The number of β-amino-alcohol motifs (C(OH)–C–C–N with tert-alkyl or cyclic N) is 1. The molecule has 2 aromatic rings. The van der Waals surface area contributed by atoms with Gasteiger partial charge in [0.15, 0.2) is 0 Å². The molecule has 1 saturated heterocycles. The zero-order valence-corrected chi connectivity index (χ0v) is 15.6. The Hall–Kier alpha value is -1.85. The van der Waals surface area contributed by atoms with Crippen molar-refractivity contribution in [2.75, 3.05) is 19.6 Å². The average Bonchev–Trinajstić information content (AvgIpc) is 2.87. The highest BCUT2D eigenvalue weighted by Crippen LogP contribution is 2.26. The van der Waals surface area contributed by atoms with Crippen molar-refractivity contribution in [3.8, 4) is 0 Å². The zero-order chi connectivity index (χ0) is 18.1. The van der Waals surface area contributed by atoms with Crippen LogP contribution < -0.4 is 0 Å². The summed E-state index contributed by atoms with van der Waals surface area (Å²) < 4.78 is 2.13. The largest absolute Gasteiger partial charge is 0.390 e. The van der Waals surface area contributed by atoms with Crippen LogP contribution in [0.15, 0.2) is 30.5 Å². The lowest BCUT2D eigenvalue weighted by atomic mass is 9.94. The van der Waals surface area contributed by atoms with Gasteiger partial charge in [0.05, 0.1) is 12.6 Å². The number of nitrogens with zero attached hydrogens (tertiary/aromatic N) is 3. The highest BCUT2D eigenvalue weighted by atomic mass is 16.3. The van der Waals surface area contributed by atoms with E-state index < -0.39 is 6.10 Å². The van der Waals surface area contributed by atoms with Gasteiger partial charge >= 0.3 is 0 Å².